The minimum atomic E-state index is 0.0598. The fraction of sp³-hybridized carbons (Fsp3) is 0.562. The first-order valence-electron chi connectivity index (χ1n) is 7.40. The molecule has 1 aliphatic rings. The van der Waals surface area contributed by atoms with Gasteiger partial charge in [0.1, 0.15) is 5.75 Å². The highest BCUT2D eigenvalue weighted by Crippen LogP contribution is 2.19. The number of benzene rings is 1. The van der Waals surface area contributed by atoms with Gasteiger partial charge < -0.3 is 20.1 Å². The smallest absolute Gasteiger partial charge is 0.221 e. The Balaban J connectivity index is 1.75. The third-order valence-electron chi connectivity index (χ3n) is 3.58. The van der Waals surface area contributed by atoms with E-state index in [4.69, 9.17) is 9.47 Å². The maximum atomic E-state index is 11.9. The molecule has 1 saturated heterocycles. The molecule has 1 aromatic carbocycles. The molecular weight excluding hydrogens is 268 g/mol. The summed E-state index contributed by atoms with van der Waals surface area (Å²) in [6.45, 7) is 4.82. The molecule has 1 aliphatic heterocycles. The van der Waals surface area contributed by atoms with Gasteiger partial charge in [-0.05, 0) is 25.0 Å². The van der Waals surface area contributed by atoms with E-state index in [1.54, 1.807) is 7.11 Å². The first-order valence-corrected chi connectivity index (χ1v) is 7.40. The molecule has 21 heavy (non-hydrogen) atoms. The zero-order valence-corrected chi connectivity index (χ0v) is 12.8. The number of hydrogen-bond donors (Lipinski definition) is 2. The second-order valence-corrected chi connectivity index (χ2v) is 5.35. The lowest BCUT2D eigenvalue weighted by Crippen LogP contribution is -2.44. The van der Waals surface area contributed by atoms with Crippen molar-refractivity contribution in [2.75, 3.05) is 33.4 Å². The maximum Gasteiger partial charge on any atom is 0.221 e. The Morgan fingerprint density at radius 1 is 1.52 bits per heavy atom. The number of morpholine rings is 1. The summed E-state index contributed by atoms with van der Waals surface area (Å²) < 4.78 is 10.7. The molecule has 0 spiro atoms. The Labute approximate surface area is 126 Å². The Hall–Kier alpha value is -1.59. The Kier molecular flexibility index (Phi) is 6.02. The number of hydrogen-bond acceptors (Lipinski definition) is 4. The van der Waals surface area contributed by atoms with Crippen LogP contribution in [0.3, 0.4) is 0 Å². The average Bonchev–Trinajstić information content (AvgIpc) is 2.48. The molecule has 0 aromatic heterocycles. The van der Waals surface area contributed by atoms with E-state index in [0.717, 1.165) is 30.9 Å². The van der Waals surface area contributed by atoms with Gasteiger partial charge in [0.2, 0.25) is 5.91 Å². The van der Waals surface area contributed by atoms with Crippen molar-refractivity contribution in [3.05, 3.63) is 29.3 Å². The number of aryl methyl sites for hydroxylation is 1. The standard InChI is InChI=1S/C16H24N2O3/c1-12-3-4-15(20-2)13(9-12)5-6-18-16(19)10-14-11-21-8-7-17-14/h3-4,9,14,17H,5-8,10-11H2,1-2H3,(H,18,19). The molecule has 1 unspecified atom stereocenters. The molecule has 0 radical (unpaired) electrons. The Bertz CT molecular complexity index is 471. The normalized spacial score (nSPS) is 18.3. The number of carbonyl (C=O) groups is 1. The van der Waals surface area contributed by atoms with E-state index in [2.05, 4.69) is 23.6 Å². The minimum Gasteiger partial charge on any atom is -0.496 e. The van der Waals surface area contributed by atoms with E-state index in [1.807, 2.05) is 12.1 Å². The summed E-state index contributed by atoms with van der Waals surface area (Å²) in [7, 11) is 1.67. The quantitative estimate of drug-likeness (QED) is 0.822. The topological polar surface area (TPSA) is 59.6 Å². The van der Waals surface area contributed by atoms with Crippen LogP contribution in [0.5, 0.6) is 5.75 Å². The van der Waals surface area contributed by atoms with Gasteiger partial charge in [0.05, 0.1) is 20.3 Å². The van der Waals surface area contributed by atoms with Gasteiger partial charge in [-0.2, -0.15) is 0 Å². The lowest BCUT2D eigenvalue weighted by Gasteiger charge is -2.23. The number of rotatable bonds is 6. The molecule has 116 valence electrons. The van der Waals surface area contributed by atoms with Gasteiger partial charge in [0.15, 0.2) is 0 Å². The molecular formula is C16H24N2O3. The van der Waals surface area contributed by atoms with Crippen LogP contribution >= 0.6 is 0 Å². The van der Waals surface area contributed by atoms with Gasteiger partial charge in [-0.1, -0.05) is 17.7 Å². The summed E-state index contributed by atoms with van der Waals surface area (Å²) >= 11 is 0. The first kappa shape index (κ1) is 15.8. The van der Waals surface area contributed by atoms with Crippen LogP contribution in [0, 0.1) is 6.92 Å². The molecule has 0 bridgehead atoms. The van der Waals surface area contributed by atoms with E-state index in [-0.39, 0.29) is 11.9 Å². The van der Waals surface area contributed by atoms with Crippen molar-refractivity contribution in [1.82, 2.24) is 10.6 Å². The van der Waals surface area contributed by atoms with Crippen LogP contribution in [0.2, 0.25) is 0 Å². The maximum absolute atomic E-state index is 11.9. The van der Waals surface area contributed by atoms with E-state index in [9.17, 15) is 4.79 Å². The van der Waals surface area contributed by atoms with E-state index in [0.29, 0.717) is 19.6 Å². The van der Waals surface area contributed by atoms with Gasteiger partial charge in [-0.15, -0.1) is 0 Å². The number of methoxy groups -OCH3 is 1. The highest BCUT2D eigenvalue weighted by atomic mass is 16.5. The molecule has 1 amide bonds. The Morgan fingerprint density at radius 2 is 2.38 bits per heavy atom. The molecule has 5 heteroatoms. The van der Waals surface area contributed by atoms with Crippen molar-refractivity contribution < 1.29 is 14.3 Å². The zero-order valence-electron chi connectivity index (χ0n) is 12.8. The number of ether oxygens (including phenoxy) is 2. The molecule has 1 fully saturated rings. The third-order valence-corrected chi connectivity index (χ3v) is 3.58. The first-order chi connectivity index (χ1) is 10.2. The van der Waals surface area contributed by atoms with E-state index < -0.39 is 0 Å². The zero-order chi connectivity index (χ0) is 15.1. The highest BCUT2D eigenvalue weighted by molar-refractivity contribution is 5.76. The van der Waals surface area contributed by atoms with Gasteiger partial charge in [0, 0.05) is 25.6 Å². The number of amides is 1. The van der Waals surface area contributed by atoms with Crippen LogP contribution in [0.1, 0.15) is 17.5 Å². The van der Waals surface area contributed by atoms with Crippen molar-refractivity contribution in [2.45, 2.75) is 25.8 Å². The lowest BCUT2D eigenvalue weighted by molar-refractivity contribution is -0.122. The van der Waals surface area contributed by atoms with E-state index >= 15 is 0 Å². The van der Waals surface area contributed by atoms with Crippen molar-refractivity contribution in [3.8, 4) is 5.75 Å². The van der Waals surface area contributed by atoms with E-state index in [1.165, 1.54) is 5.56 Å². The third kappa shape index (κ3) is 5.02. The largest absolute Gasteiger partial charge is 0.496 e. The number of nitrogens with one attached hydrogen (secondary N) is 2. The van der Waals surface area contributed by atoms with Crippen LogP contribution in [0.25, 0.3) is 0 Å². The van der Waals surface area contributed by atoms with Crippen LogP contribution in [0.4, 0.5) is 0 Å². The second kappa shape index (κ2) is 8.00. The Morgan fingerprint density at radius 3 is 3.10 bits per heavy atom. The SMILES string of the molecule is COc1ccc(C)cc1CCNC(=O)CC1COCCN1. The minimum absolute atomic E-state index is 0.0598. The summed E-state index contributed by atoms with van der Waals surface area (Å²) in [5, 5.41) is 6.24. The molecule has 1 heterocycles. The lowest BCUT2D eigenvalue weighted by atomic mass is 10.1. The van der Waals surface area contributed by atoms with Crippen molar-refractivity contribution >= 4 is 5.91 Å². The monoisotopic (exact) mass is 292 g/mol. The predicted octanol–water partition coefficient (Wildman–Crippen LogP) is 1.04. The van der Waals surface area contributed by atoms with Crippen LogP contribution in [0.15, 0.2) is 18.2 Å². The highest BCUT2D eigenvalue weighted by Gasteiger charge is 2.16. The molecule has 1 aromatic rings. The summed E-state index contributed by atoms with van der Waals surface area (Å²) in [5.41, 5.74) is 2.32. The average molecular weight is 292 g/mol. The van der Waals surface area contributed by atoms with Crippen molar-refractivity contribution in [3.63, 3.8) is 0 Å². The summed E-state index contributed by atoms with van der Waals surface area (Å²) in [6.07, 6.45) is 1.23. The fourth-order valence-corrected chi connectivity index (χ4v) is 2.49. The van der Waals surface area contributed by atoms with Crippen LogP contribution in [-0.4, -0.2) is 45.4 Å². The molecule has 1 atom stereocenters. The molecule has 2 rings (SSSR count). The van der Waals surface area contributed by atoms with Gasteiger partial charge in [-0.3, -0.25) is 4.79 Å². The second-order valence-electron chi connectivity index (χ2n) is 5.35. The molecule has 0 saturated carbocycles. The summed E-state index contributed by atoms with van der Waals surface area (Å²) in [4.78, 5) is 11.9. The van der Waals surface area contributed by atoms with Crippen molar-refractivity contribution in [1.29, 1.82) is 0 Å². The molecule has 0 aliphatic carbocycles. The van der Waals surface area contributed by atoms with Crippen molar-refractivity contribution in [2.24, 2.45) is 0 Å². The predicted molar refractivity (Wildman–Crippen MR) is 81.7 cm³/mol. The number of carbonyl (C=O) groups excluding carboxylic acids is 1. The van der Waals surface area contributed by atoms with Gasteiger partial charge in [0.25, 0.3) is 0 Å². The summed E-state index contributed by atoms with van der Waals surface area (Å²) in [5.74, 6) is 0.932. The molecule has 2 N–H and O–H groups in total. The summed E-state index contributed by atoms with van der Waals surface area (Å²) in [6, 6.07) is 6.22. The molecule has 5 nitrogen and oxygen atoms in total. The van der Waals surface area contributed by atoms with Crippen LogP contribution in [-0.2, 0) is 16.0 Å². The van der Waals surface area contributed by atoms with Gasteiger partial charge >= 0.3 is 0 Å². The van der Waals surface area contributed by atoms with Gasteiger partial charge in [-0.25, -0.2) is 0 Å². The van der Waals surface area contributed by atoms with Crippen LogP contribution < -0.4 is 15.4 Å². The fourth-order valence-electron chi connectivity index (χ4n) is 2.49.